The molecule has 0 aliphatic heterocycles. The standard InChI is InChI=1S/C19H18Cl2N2O2/c1-13(10-15-6-4-3-5-7-15)12-22-23-19(24)14(2)25-18-9-8-16(20)11-17(18)21/h3-12,14H,1-2H3,(H,23,24)/b13-10-,22-12+. The number of hydrogen-bond donors (Lipinski definition) is 1. The highest BCUT2D eigenvalue weighted by Crippen LogP contribution is 2.28. The van der Waals surface area contributed by atoms with E-state index in [4.69, 9.17) is 27.9 Å². The number of benzene rings is 2. The van der Waals surface area contributed by atoms with Crippen molar-refractivity contribution in [3.63, 3.8) is 0 Å². The average molecular weight is 377 g/mol. The first-order valence-corrected chi connectivity index (χ1v) is 8.39. The zero-order valence-electron chi connectivity index (χ0n) is 13.9. The Morgan fingerprint density at radius 3 is 2.60 bits per heavy atom. The molecule has 0 radical (unpaired) electrons. The number of hydrazone groups is 1. The molecule has 0 aliphatic carbocycles. The van der Waals surface area contributed by atoms with E-state index in [0.29, 0.717) is 15.8 Å². The smallest absolute Gasteiger partial charge is 0.280 e. The number of ether oxygens (including phenoxy) is 1. The molecular formula is C19H18Cl2N2O2. The van der Waals surface area contributed by atoms with Crippen LogP contribution in [0.15, 0.2) is 59.2 Å². The summed E-state index contributed by atoms with van der Waals surface area (Å²) in [5.41, 5.74) is 4.41. The van der Waals surface area contributed by atoms with E-state index >= 15 is 0 Å². The molecular weight excluding hydrogens is 359 g/mol. The molecule has 0 aliphatic rings. The van der Waals surface area contributed by atoms with Crippen molar-refractivity contribution in [2.24, 2.45) is 5.10 Å². The summed E-state index contributed by atoms with van der Waals surface area (Å²) >= 11 is 11.9. The van der Waals surface area contributed by atoms with Crippen LogP contribution in [0.25, 0.3) is 6.08 Å². The zero-order chi connectivity index (χ0) is 18.2. The summed E-state index contributed by atoms with van der Waals surface area (Å²) in [5.74, 6) is 0.00706. The van der Waals surface area contributed by atoms with Gasteiger partial charge in [-0.25, -0.2) is 5.43 Å². The van der Waals surface area contributed by atoms with E-state index in [2.05, 4.69) is 10.5 Å². The number of nitrogens with one attached hydrogen (secondary N) is 1. The maximum absolute atomic E-state index is 12.0. The van der Waals surface area contributed by atoms with Crippen LogP contribution < -0.4 is 10.2 Å². The third-order valence-electron chi connectivity index (χ3n) is 3.20. The molecule has 2 aromatic rings. The molecule has 1 atom stereocenters. The van der Waals surface area contributed by atoms with Gasteiger partial charge in [-0.2, -0.15) is 5.10 Å². The van der Waals surface area contributed by atoms with Crippen molar-refractivity contribution in [3.05, 3.63) is 69.7 Å². The predicted octanol–water partition coefficient (Wildman–Crippen LogP) is 4.97. The van der Waals surface area contributed by atoms with Gasteiger partial charge in [0.25, 0.3) is 5.91 Å². The molecule has 1 N–H and O–H groups in total. The molecule has 2 aromatic carbocycles. The molecule has 0 saturated heterocycles. The highest BCUT2D eigenvalue weighted by Gasteiger charge is 2.15. The van der Waals surface area contributed by atoms with Crippen LogP contribution in [-0.4, -0.2) is 18.2 Å². The van der Waals surface area contributed by atoms with E-state index in [-0.39, 0.29) is 5.91 Å². The molecule has 0 fully saturated rings. The Morgan fingerprint density at radius 2 is 1.92 bits per heavy atom. The van der Waals surface area contributed by atoms with Crippen molar-refractivity contribution in [1.29, 1.82) is 0 Å². The summed E-state index contributed by atoms with van der Waals surface area (Å²) in [7, 11) is 0. The van der Waals surface area contributed by atoms with Gasteiger partial charge in [0.2, 0.25) is 0 Å². The minimum Gasteiger partial charge on any atom is -0.479 e. The van der Waals surface area contributed by atoms with Gasteiger partial charge in [-0.15, -0.1) is 0 Å². The first-order valence-electron chi connectivity index (χ1n) is 7.63. The summed E-state index contributed by atoms with van der Waals surface area (Å²) in [6, 6.07) is 14.7. The lowest BCUT2D eigenvalue weighted by molar-refractivity contribution is -0.127. The summed E-state index contributed by atoms with van der Waals surface area (Å²) in [6.45, 7) is 3.51. The van der Waals surface area contributed by atoms with Crippen molar-refractivity contribution in [3.8, 4) is 5.75 Å². The zero-order valence-corrected chi connectivity index (χ0v) is 15.4. The molecule has 25 heavy (non-hydrogen) atoms. The van der Waals surface area contributed by atoms with E-state index < -0.39 is 6.10 Å². The molecule has 0 saturated carbocycles. The van der Waals surface area contributed by atoms with E-state index in [0.717, 1.165) is 11.1 Å². The molecule has 130 valence electrons. The quantitative estimate of drug-likeness (QED) is 0.571. The van der Waals surface area contributed by atoms with Crippen LogP contribution in [0.4, 0.5) is 0 Å². The van der Waals surface area contributed by atoms with Crippen molar-refractivity contribution in [2.75, 3.05) is 0 Å². The molecule has 0 bridgehead atoms. The molecule has 2 rings (SSSR count). The maximum atomic E-state index is 12.0. The first-order chi connectivity index (χ1) is 12.0. The Kier molecular flexibility index (Phi) is 7.04. The molecule has 4 nitrogen and oxygen atoms in total. The monoisotopic (exact) mass is 376 g/mol. The molecule has 0 heterocycles. The van der Waals surface area contributed by atoms with Crippen molar-refractivity contribution >= 4 is 41.4 Å². The predicted molar refractivity (Wildman–Crippen MR) is 103 cm³/mol. The number of rotatable bonds is 6. The second kappa shape index (κ2) is 9.25. The summed E-state index contributed by atoms with van der Waals surface area (Å²) in [4.78, 5) is 12.0. The van der Waals surface area contributed by atoms with Crippen LogP contribution in [-0.2, 0) is 4.79 Å². The molecule has 6 heteroatoms. The minimum absolute atomic E-state index is 0.345. The summed E-state index contributed by atoms with van der Waals surface area (Å²) in [6.07, 6.45) is 2.78. The highest BCUT2D eigenvalue weighted by atomic mass is 35.5. The van der Waals surface area contributed by atoms with Gasteiger partial charge in [0.1, 0.15) is 5.75 Å². The number of nitrogens with zero attached hydrogens (tertiary/aromatic N) is 1. The Labute approximate surface area is 157 Å². The van der Waals surface area contributed by atoms with Crippen LogP contribution in [0.1, 0.15) is 19.4 Å². The fraction of sp³-hybridized carbons (Fsp3) is 0.158. The number of carbonyl (C=O) groups is 1. The number of amides is 1. The van der Waals surface area contributed by atoms with E-state index in [9.17, 15) is 4.79 Å². The van der Waals surface area contributed by atoms with Gasteiger partial charge in [-0.05, 0) is 43.2 Å². The average Bonchev–Trinajstić information content (AvgIpc) is 2.58. The fourth-order valence-electron chi connectivity index (χ4n) is 1.95. The van der Waals surface area contributed by atoms with Gasteiger partial charge in [0, 0.05) is 5.02 Å². The van der Waals surface area contributed by atoms with E-state index in [1.807, 2.05) is 43.3 Å². The third-order valence-corrected chi connectivity index (χ3v) is 3.73. The largest absolute Gasteiger partial charge is 0.479 e. The van der Waals surface area contributed by atoms with Crippen molar-refractivity contribution in [2.45, 2.75) is 20.0 Å². The van der Waals surface area contributed by atoms with Crippen LogP contribution in [0.3, 0.4) is 0 Å². The number of halogens is 2. The Bertz CT molecular complexity index is 789. The van der Waals surface area contributed by atoms with Gasteiger partial charge in [0.15, 0.2) is 6.10 Å². The highest BCUT2D eigenvalue weighted by molar-refractivity contribution is 6.35. The van der Waals surface area contributed by atoms with Crippen LogP contribution in [0.2, 0.25) is 10.0 Å². The van der Waals surface area contributed by atoms with Gasteiger partial charge < -0.3 is 4.74 Å². The molecule has 0 spiro atoms. The lowest BCUT2D eigenvalue weighted by Gasteiger charge is -2.14. The summed E-state index contributed by atoms with van der Waals surface area (Å²) in [5, 5.41) is 4.78. The van der Waals surface area contributed by atoms with Gasteiger partial charge in [-0.3, -0.25) is 4.79 Å². The second-order valence-electron chi connectivity index (χ2n) is 5.37. The second-order valence-corrected chi connectivity index (χ2v) is 6.21. The Balaban J connectivity index is 1.89. The number of carbonyl (C=O) groups excluding carboxylic acids is 1. The SMILES string of the molecule is CC(=C/c1ccccc1)/C=N/NC(=O)C(C)Oc1ccc(Cl)cc1Cl. The minimum atomic E-state index is -0.755. The molecule has 1 unspecified atom stereocenters. The Morgan fingerprint density at radius 1 is 1.20 bits per heavy atom. The lowest BCUT2D eigenvalue weighted by Crippen LogP contribution is -2.33. The van der Waals surface area contributed by atoms with E-state index in [1.165, 1.54) is 0 Å². The van der Waals surface area contributed by atoms with E-state index in [1.54, 1.807) is 31.3 Å². The van der Waals surface area contributed by atoms with Crippen LogP contribution in [0.5, 0.6) is 5.75 Å². The Hall–Kier alpha value is -2.30. The van der Waals surface area contributed by atoms with Crippen LogP contribution in [0, 0.1) is 0 Å². The summed E-state index contributed by atoms with van der Waals surface area (Å²) < 4.78 is 5.52. The van der Waals surface area contributed by atoms with Crippen LogP contribution >= 0.6 is 23.2 Å². The van der Waals surface area contributed by atoms with Crippen molar-refractivity contribution in [1.82, 2.24) is 5.43 Å². The van der Waals surface area contributed by atoms with Crippen molar-refractivity contribution < 1.29 is 9.53 Å². The number of allylic oxidation sites excluding steroid dienone is 1. The third kappa shape index (κ3) is 6.25. The number of hydrogen-bond acceptors (Lipinski definition) is 3. The fourth-order valence-corrected chi connectivity index (χ4v) is 2.41. The first kappa shape index (κ1) is 19.0. The maximum Gasteiger partial charge on any atom is 0.280 e. The normalized spacial score (nSPS) is 12.9. The lowest BCUT2D eigenvalue weighted by atomic mass is 10.1. The van der Waals surface area contributed by atoms with Gasteiger partial charge >= 0.3 is 0 Å². The topological polar surface area (TPSA) is 50.7 Å². The molecule has 0 aromatic heterocycles. The van der Waals surface area contributed by atoms with Gasteiger partial charge in [-0.1, -0.05) is 59.6 Å². The van der Waals surface area contributed by atoms with Gasteiger partial charge in [0.05, 0.1) is 11.2 Å². The molecule has 1 amide bonds.